The second-order valence-corrected chi connectivity index (χ2v) is 10.8. The Morgan fingerprint density at radius 3 is 1.92 bits per heavy atom. The number of phenols is 1. The molecule has 0 radical (unpaired) electrons. The largest absolute Gasteiger partial charge is 0.507 e. The smallest absolute Gasteiger partial charge is 0.188 e. The number of hydrogen-bond acceptors (Lipinski definition) is 4. The first-order valence-electron chi connectivity index (χ1n) is 8.96. The summed E-state index contributed by atoms with van der Waals surface area (Å²) in [7, 11) is -3.60. The Labute approximate surface area is 158 Å². The lowest BCUT2D eigenvalue weighted by molar-refractivity contribution is 0.423. The van der Waals surface area contributed by atoms with Crippen molar-refractivity contribution in [3.63, 3.8) is 0 Å². The summed E-state index contributed by atoms with van der Waals surface area (Å²) < 4.78 is 24.8. The highest BCUT2D eigenvalue weighted by atomic mass is 32.2. The summed E-state index contributed by atoms with van der Waals surface area (Å²) in [6, 6.07) is 5.39. The van der Waals surface area contributed by atoms with Crippen LogP contribution in [0.5, 0.6) is 5.75 Å². The lowest BCUT2D eigenvalue weighted by atomic mass is 9.78. The Morgan fingerprint density at radius 2 is 1.58 bits per heavy atom. The molecule has 26 heavy (non-hydrogen) atoms. The van der Waals surface area contributed by atoms with Crippen molar-refractivity contribution in [2.45, 2.75) is 72.1 Å². The summed E-state index contributed by atoms with van der Waals surface area (Å²) in [6.07, 6.45) is 2.70. The summed E-state index contributed by atoms with van der Waals surface area (Å²) in [5, 5.41) is 20.1. The zero-order valence-electron chi connectivity index (χ0n) is 17.0. The number of allylic oxidation sites excluding steroid dienone is 1. The van der Waals surface area contributed by atoms with Gasteiger partial charge in [-0.15, -0.1) is 0 Å². The minimum atomic E-state index is -3.60. The molecule has 1 aromatic rings. The van der Waals surface area contributed by atoms with Gasteiger partial charge >= 0.3 is 0 Å². The summed E-state index contributed by atoms with van der Waals surface area (Å²) >= 11 is 0. The fraction of sp³-hybridized carbons (Fsp3) is 0.571. The monoisotopic (exact) mass is 377 g/mol. The first-order chi connectivity index (χ1) is 11.7. The zero-order chi connectivity index (χ0) is 20.3. The predicted molar refractivity (Wildman–Crippen MR) is 108 cm³/mol. The molecule has 4 nitrogen and oxygen atoms in total. The molecule has 0 amide bonds. The SMILES string of the molecule is CCCCS(=O)(=O)/C(C#N)=C\c1cc(C(C)(C)C)c(O)c(C(C)(C)C)c1. The summed E-state index contributed by atoms with van der Waals surface area (Å²) in [5.41, 5.74) is 1.46. The molecule has 1 aromatic carbocycles. The van der Waals surface area contributed by atoms with E-state index in [1.54, 1.807) is 12.1 Å². The van der Waals surface area contributed by atoms with Gasteiger partial charge in [0.15, 0.2) is 9.84 Å². The molecule has 0 aliphatic rings. The van der Waals surface area contributed by atoms with Crippen molar-refractivity contribution >= 4 is 15.9 Å². The van der Waals surface area contributed by atoms with Gasteiger partial charge < -0.3 is 5.11 Å². The molecule has 0 spiro atoms. The molecule has 5 heteroatoms. The van der Waals surface area contributed by atoms with Gasteiger partial charge in [-0.05, 0) is 41.0 Å². The van der Waals surface area contributed by atoms with Gasteiger partial charge in [0.05, 0.1) is 5.75 Å². The number of aromatic hydroxyl groups is 1. The second kappa shape index (κ2) is 7.84. The van der Waals surface area contributed by atoms with E-state index in [1.807, 2.05) is 54.5 Å². The molecule has 0 aliphatic carbocycles. The van der Waals surface area contributed by atoms with Crippen molar-refractivity contribution in [3.8, 4) is 11.8 Å². The maximum Gasteiger partial charge on any atom is 0.188 e. The van der Waals surface area contributed by atoms with Crippen LogP contribution in [-0.2, 0) is 20.7 Å². The van der Waals surface area contributed by atoms with Crippen LogP contribution in [0.2, 0.25) is 0 Å². The number of rotatable bonds is 5. The van der Waals surface area contributed by atoms with E-state index in [-0.39, 0.29) is 27.2 Å². The van der Waals surface area contributed by atoms with Crippen LogP contribution in [0.1, 0.15) is 78.0 Å². The minimum Gasteiger partial charge on any atom is -0.507 e. The molecule has 0 aliphatic heterocycles. The number of phenolic OH excluding ortho intramolecular Hbond substituents is 1. The molecule has 144 valence electrons. The molecule has 0 saturated carbocycles. The van der Waals surface area contributed by atoms with Crippen LogP contribution in [0.25, 0.3) is 6.08 Å². The van der Waals surface area contributed by atoms with E-state index in [9.17, 15) is 18.8 Å². The van der Waals surface area contributed by atoms with Gasteiger partial charge in [-0.3, -0.25) is 0 Å². The lowest BCUT2D eigenvalue weighted by Crippen LogP contribution is -2.17. The first kappa shape index (κ1) is 22.2. The number of unbranched alkanes of at least 4 members (excludes halogenated alkanes) is 1. The van der Waals surface area contributed by atoms with E-state index in [0.717, 1.165) is 17.5 Å². The van der Waals surface area contributed by atoms with Crippen LogP contribution in [0.15, 0.2) is 17.0 Å². The van der Waals surface area contributed by atoms with Gasteiger partial charge in [-0.2, -0.15) is 5.26 Å². The first-order valence-corrected chi connectivity index (χ1v) is 10.6. The number of sulfone groups is 1. The van der Waals surface area contributed by atoms with Gasteiger partial charge in [0, 0.05) is 11.1 Å². The molecular formula is C21H31NO3S. The Bertz CT molecular complexity index is 794. The van der Waals surface area contributed by atoms with Gasteiger partial charge in [0.2, 0.25) is 0 Å². The Morgan fingerprint density at radius 1 is 1.12 bits per heavy atom. The van der Waals surface area contributed by atoms with Crippen LogP contribution in [0.4, 0.5) is 0 Å². The normalized spacial score (nSPS) is 13.5. The average Bonchev–Trinajstić information content (AvgIpc) is 2.49. The van der Waals surface area contributed by atoms with Gasteiger partial charge in [0.1, 0.15) is 16.7 Å². The molecule has 0 aromatic heterocycles. The van der Waals surface area contributed by atoms with E-state index in [2.05, 4.69) is 0 Å². The molecule has 0 saturated heterocycles. The number of nitrogens with zero attached hydrogens (tertiary/aromatic N) is 1. The standard InChI is InChI=1S/C21H31NO3S/c1-8-9-10-26(24,25)16(14-22)11-15-12-17(20(2,3)4)19(23)18(13-15)21(5,6)7/h11-13,23H,8-10H2,1-7H3/b16-11-. The zero-order valence-corrected chi connectivity index (χ0v) is 17.8. The maximum atomic E-state index is 12.4. The van der Waals surface area contributed by atoms with E-state index in [4.69, 9.17) is 0 Å². The van der Waals surface area contributed by atoms with Crippen molar-refractivity contribution in [2.75, 3.05) is 5.75 Å². The Balaban J connectivity index is 3.65. The molecular weight excluding hydrogens is 346 g/mol. The molecule has 0 fully saturated rings. The van der Waals surface area contributed by atoms with Crippen LogP contribution in [0, 0.1) is 11.3 Å². The summed E-state index contributed by atoms with van der Waals surface area (Å²) in [4.78, 5) is -0.226. The third-order valence-electron chi connectivity index (χ3n) is 4.26. The van der Waals surface area contributed by atoms with Crippen LogP contribution in [0.3, 0.4) is 0 Å². The molecule has 0 unspecified atom stereocenters. The average molecular weight is 378 g/mol. The van der Waals surface area contributed by atoms with Crippen molar-refractivity contribution in [1.29, 1.82) is 5.26 Å². The van der Waals surface area contributed by atoms with Gasteiger partial charge in [0.25, 0.3) is 0 Å². The number of benzene rings is 1. The van der Waals surface area contributed by atoms with Crippen LogP contribution < -0.4 is 0 Å². The van der Waals surface area contributed by atoms with Crippen LogP contribution >= 0.6 is 0 Å². The van der Waals surface area contributed by atoms with E-state index >= 15 is 0 Å². The molecule has 0 bridgehead atoms. The van der Waals surface area contributed by atoms with Crippen molar-refractivity contribution in [1.82, 2.24) is 0 Å². The highest BCUT2D eigenvalue weighted by molar-refractivity contribution is 7.95. The molecule has 0 atom stereocenters. The van der Waals surface area contributed by atoms with Crippen molar-refractivity contribution in [3.05, 3.63) is 33.7 Å². The quantitative estimate of drug-likeness (QED) is 0.727. The lowest BCUT2D eigenvalue weighted by Gasteiger charge is -2.28. The topological polar surface area (TPSA) is 78.2 Å². The Hall–Kier alpha value is -1.80. The molecule has 0 heterocycles. The highest BCUT2D eigenvalue weighted by Crippen LogP contribution is 2.40. The molecule has 1 rings (SSSR count). The fourth-order valence-corrected chi connectivity index (χ4v) is 4.01. The minimum absolute atomic E-state index is 0.0285. The number of nitriles is 1. The van der Waals surface area contributed by atoms with E-state index in [0.29, 0.717) is 12.0 Å². The fourth-order valence-electron chi connectivity index (χ4n) is 2.67. The van der Waals surface area contributed by atoms with Crippen molar-refractivity contribution < 1.29 is 13.5 Å². The third kappa shape index (κ3) is 5.35. The van der Waals surface area contributed by atoms with E-state index < -0.39 is 9.84 Å². The summed E-state index contributed by atoms with van der Waals surface area (Å²) in [6.45, 7) is 13.9. The maximum absolute atomic E-state index is 12.4. The van der Waals surface area contributed by atoms with E-state index in [1.165, 1.54) is 6.08 Å². The molecule has 1 N–H and O–H groups in total. The van der Waals surface area contributed by atoms with Crippen molar-refractivity contribution in [2.24, 2.45) is 0 Å². The highest BCUT2D eigenvalue weighted by Gasteiger charge is 2.27. The van der Waals surface area contributed by atoms with Gasteiger partial charge in [-0.25, -0.2) is 8.42 Å². The second-order valence-electron chi connectivity index (χ2n) is 8.76. The number of hydrogen-bond donors (Lipinski definition) is 1. The predicted octanol–water partition coefficient (Wildman–Crippen LogP) is 5.07. The Kier molecular flexibility index (Phi) is 6.70. The van der Waals surface area contributed by atoms with Gasteiger partial charge in [-0.1, -0.05) is 54.9 Å². The third-order valence-corrected chi connectivity index (χ3v) is 5.96. The van der Waals surface area contributed by atoms with Crippen LogP contribution in [-0.4, -0.2) is 19.3 Å². The summed E-state index contributed by atoms with van der Waals surface area (Å²) in [5.74, 6) is 0.202.